The summed E-state index contributed by atoms with van der Waals surface area (Å²) in [5.41, 5.74) is 2.69. The molecule has 0 radical (unpaired) electrons. The molecule has 3 heteroatoms. The first-order valence-corrected chi connectivity index (χ1v) is 5.55. The van der Waals surface area contributed by atoms with Crippen molar-refractivity contribution in [2.24, 2.45) is 0 Å². The van der Waals surface area contributed by atoms with Crippen LogP contribution in [0.1, 0.15) is 25.8 Å². The largest absolute Gasteiger partial charge is 0.274 e. The Morgan fingerprint density at radius 3 is 2.65 bits per heavy atom. The number of benzene rings is 1. The van der Waals surface area contributed by atoms with Gasteiger partial charge < -0.3 is 0 Å². The highest BCUT2D eigenvalue weighted by molar-refractivity contribution is 5.95. The average Bonchev–Trinajstić information content (AvgIpc) is 2.31. The molecule has 3 nitrogen and oxygen atoms in total. The summed E-state index contributed by atoms with van der Waals surface area (Å²) in [5.74, 6) is -0.276. The lowest BCUT2D eigenvalue weighted by Gasteiger charge is -2.16. The number of para-hydroxylation sites is 1. The number of hydrogen-bond acceptors (Lipinski definition) is 2. The first-order valence-electron chi connectivity index (χ1n) is 5.55. The van der Waals surface area contributed by atoms with E-state index < -0.39 is 0 Å². The molecule has 0 saturated carbocycles. The van der Waals surface area contributed by atoms with Crippen LogP contribution >= 0.6 is 0 Å². The van der Waals surface area contributed by atoms with Crippen molar-refractivity contribution in [1.82, 2.24) is 0 Å². The van der Waals surface area contributed by atoms with Gasteiger partial charge in [-0.15, -0.1) is 0 Å². The van der Waals surface area contributed by atoms with Crippen LogP contribution < -0.4 is 4.90 Å². The second kappa shape index (κ2) is 5.86. The van der Waals surface area contributed by atoms with E-state index in [-0.39, 0.29) is 5.91 Å². The highest BCUT2D eigenvalue weighted by Gasteiger charge is 2.14. The first kappa shape index (κ1) is 13.0. The number of nitriles is 1. The highest BCUT2D eigenvalue weighted by Crippen LogP contribution is 2.23. The van der Waals surface area contributed by atoms with Crippen LogP contribution in [0.3, 0.4) is 0 Å². The second-order valence-corrected chi connectivity index (χ2v) is 3.86. The molecule has 1 rings (SSSR count). The number of carbonyl (C=O) groups is 1. The standard InChI is InChI=1S/C14H16N2O/c1-4-11(2)9-13-7-5-6-8-14(13)16(10-15)12(3)17/h5-8H,2,4,9H2,1,3H3. The van der Waals surface area contributed by atoms with Crippen molar-refractivity contribution < 1.29 is 4.79 Å². The fourth-order valence-electron chi connectivity index (χ4n) is 1.57. The van der Waals surface area contributed by atoms with Crippen molar-refractivity contribution in [3.63, 3.8) is 0 Å². The van der Waals surface area contributed by atoms with E-state index in [0.29, 0.717) is 12.1 Å². The smallest absolute Gasteiger partial charge is 0.237 e. The maximum Gasteiger partial charge on any atom is 0.237 e. The van der Waals surface area contributed by atoms with Crippen LogP contribution in [0.15, 0.2) is 36.4 Å². The molecule has 1 aromatic carbocycles. The molecule has 0 bridgehead atoms. The zero-order valence-corrected chi connectivity index (χ0v) is 10.2. The maximum atomic E-state index is 11.4. The lowest BCUT2D eigenvalue weighted by molar-refractivity contribution is -0.115. The molecule has 0 N–H and O–H groups in total. The molecule has 17 heavy (non-hydrogen) atoms. The molecule has 0 aliphatic carbocycles. The number of nitrogens with zero attached hydrogens (tertiary/aromatic N) is 2. The van der Waals surface area contributed by atoms with Gasteiger partial charge in [-0.25, -0.2) is 4.90 Å². The Labute approximate surface area is 102 Å². The molecule has 88 valence electrons. The van der Waals surface area contributed by atoms with E-state index >= 15 is 0 Å². The molecule has 0 fully saturated rings. The van der Waals surface area contributed by atoms with Crippen molar-refractivity contribution in [2.45, 2.75) is 26.7 Å². The van der Waals surface area contributed by atoms with E-state index in [1.807, 2.05) is 31.3 Å². The van der Waals surface area contributed by atoms with Gasteiger partial charge >= 0.3 is 0 Å². The summed E-state index contributed by atoms with van der Waals surface area (Å²) in [5, 5.41) is 9.00. The van der Waals surface area contributed by atoms with Crippen molar-refractivity contribution in [3.8, 4) is 6.19 Å². The van der Waals surface area contributed by atoms with Crippen LogP contribution in [0.5, 0.6) is 0 Å². The van der Waals surface area contributed by atoms with Gasteiger partial charge in [0.05, 0.1) is 5.69 Å². The van der Waals surface area contributed by atoms with Gasteiger partial charge in [0.25, 0.3) is 0 Å². The Hall–Kier alpha value is -2.08. The van der Waals surface area contributed by atoms with Crippen LogP contribution in [0.25, 0.3) is 0 Å². The monoisotopic (exact) mass is 228 g/mol. The summed E-state index contributed by atoms with van der Waals surface area (Å²) in [6.07, 6.45) is 3.49. The molecule has 0 aliphatic rings. The van der Waals surface area contributed by atoms with Gasteiger partial charge in [-0.1, -0.05) is 37.3 Å². The predicted molar refractivity (Wildman–Crippen MR) is 68.4 cm³/mol. The zero-order valence-electron chi connectivity index (χ0n) is 10.2. The number of amides is 1. The summed E-state index contributed by atoms with van der Waals surface area (Å²) in [6, 6.07) is 7.42. The Kier molecular flexibility index (Phi) is 4.47. The SMILES string of the molecule is C=C(CC)Cc1ccccc1N(C#N)C(C)=O. The Morgan fingerprint density at radius 1 is 1.47 bits per heavy atom. The van der Waals surface area contributed by atoms with E-state index in [0.717, 1.165) is 22.5 Å². The van der Waals surface area contributed by atoms with Gasteiger partial charge in [0.15, 0.2) is 6.19 Å². The van der Waals surface area contributed by atoms with Crippen LogP contribution in [-0.2, 0) is 11.2 Å². The Bertz CT molecular complexity index is 471. The highest BCUT2D eigenvalue weighted by atomic mass is 16.2. The van der Waals surface area contributed by atoms with Gasteiger partial charge in [0.2, 0.25) is 5.91 Å². The lowest BCUT2D eigenvalue weighted by atomic mass is 10.0. The van der Waals surface area contributed by atoms with Gasteiger partial charge in [-0.2, -0.15) is 5.26 Å². The van der Waals surface area contributed by atoms with Gasteiger partial charge in [-0.3, -0.25) is 4.79 Å². The van der Waals surface area contributed by atoms with Gasteiger partial charge in [0.1, 0.15) is 0 Å². The third kappa shape index (κ3) is 3.18. The quantitative estimate of drug-likeness (QED) is 0.451. The van der Waals surface area contributed by atoms with Crippen LogP contribution in [0.2, 0.25) is 0 Å². The first-order chi connectivity index (χ1) is 8.10. The van der Waals surface area contributed by atoms with Crippen molar-refractivity contribution >= 4 is 11.6 Å². The van der Waals surface area contributed by atoms with Gasteiger partial charge in [-0.05, 0) is 24.5 Å². The van der Waals surface area contributed by atoms with Crippen molar-refractivity contribution in [1.29, 1.82) is 5.26 Å². The fraction of sp³-hybridized carbons (Fsp3) is 0.286. The fourth-order valence-corrected chi connectivity index (χ4v) is 1.57. The number of hydrogen-bond donors (Lipinski definition) is 0. The van der Waals surface area contributed by atoms with Gasteiger partial charge in [0, 0.05) is 6.92 Å². The second-order valence-electron chi connectivity index (χ2n) is 3.86. The van der Waals surface area contributed by atoms with E-state index in [1.54, 1.807) is 6.07 Å². The predicted octanol–water partition coefficient (Wildman–Crippen LogP) is 3.03. The van der Waals surface area contributed by atoms with Crippen molar-refractivity contribution in [2.75, 3.05) is 4.90 Å². The summed E-state index contributed by atoms with van der Waals surface area (Å²) in [6.45, 7) is 7.38. The Morgan fingerprint density at radius 2 is 2.12 bits per heavy atom. The van der Waals surface area contributed by atoms with Crippen LogP contribution in [0.4, 0.5) is 5.69 Å². The summed E-state index contributed by atoms with van der Waals surface area (Å²) in [7, 11) is 0. The third-order valence-corrected chi connectivity index (χ3v) is 2.59. The lowest BCUT2D eigenvalue weighted by Crippen LogP contribution is -2.23. The van der Waals surface area contributed by atoms with Crippen LogP contribution in [0, 0.1) is 11.5 Å². The zero-order chi connectivity index (χ0) is 12.8. The molecular formula is C14H16N2O. The maximum absolute atomic E-state index is 11.4. The molecule has 0 spiro atoms. The van der Waals surface area contributed by atoms with E-state index in [9.17, 15) is 4.79 Å². The minimum Gasteiger partial charge on any atom is -0.274 e. The summed E-state index contributed by atoms with van der Waals surface area (Å²) in [4.78, 5) is 12.5. The average molecular weight is 228 g/mol. The Balaban J connectivity index is 3.11. The summed E-state index contributed by atoms with van der Waals surface area (Å²) < 4.78 is 0. The number of rotatable bonds is 4. The number of anilines is 1. The molecule has 0 aliphatic heterocycles. The third-order valence-electron chi connectivity index (χ3n) is 2.59. The molecule has 0 aromatic heterocycles. The van der Waals surface area contributed by atoms with E-state index in [1.165, 1.54) is 6.92 Å². The summed E-state index contributed by atoms with van der Waals surface area (Å²) >= 11 is 0. The molecule has 0 saturated heterocycles. The molecule has 1 amide bonds. The van der Waals surface area contributed by atoms with Crippen molar-refractivity contribution in [3.05, 3.63) is 42.0 Å². The normalized spacial score (nSPS) is 9.47. The molecule has 1 aromatic rings. The number of allylic oxidation sites excluding steroid dienone is 1. The molecule has 0 unspecified atom stereocenters. The van der Waals surface area contributed by atoms with E-state index in [4.69, 9.17) is 5.26 Å². The van der Waals surface area contributed by atoms with Crippen LogP contribution in [-0.4, -0.2) is 5.91 Å². The minimum absolute atomic E-state index is 0.276. The molecular weight excluding hydrogens is 212 g/mol. The van der Waals surface area contributed by atoms with E-state index in [2.05, 4.69) is 6.58 Å². The number of carbonyl (C=O) groups excluding carboxylic acids is 1. The molecule has 0 heterocycles. The minimum atomic E-state index is -0.276. The molecule has 0 atom stereocenters. The topological polar surface area (TPSA) is 44.1 Å².